The van der Waals surface area contributed by atoms with Crippen molar-refractivity contribution < 1.29 is 4.79 Å². The Morgan fingerprint density at radius 2 is 2.55 bits per heavy atom. The third-order valence-electron chi connectivity index (χ3n) is 2.09. The van der Waals surface area contributed by atoms with Crippen LogP contribution < -0.4 is 5.32 Å². The molecule has 0 spiro atoms. The molecule has 0 aliphatic carbocycles. The average Bonchev–Trinajstić information content (AvgIpc) is 2.04. The van der Waals surface area contributed by atoms with Crippen molar-refractivity contribution in [3.8, 4) is 0 Å². The van der Waals surface area contributed by atoms with E-state index < -0.39 is 0 Å². The maximum atomic E-state index is 10.8. The second-order valence-corrected chi connectivity index (χ2v) is 2.87. The zero-order chi connectivity index (χ0) is 7.68. The molecule has 0 bridgehead atoms. The first-order valence-electron chi connectivity index (χ1n) is 3.86. The van der Waals surface area contributed by atoms with Crippen LogP contribution in [0.1, 0.15) is 6.42 Å². The molecular formula is C8H10N2O. The van der Waals surface area contributed by atoms with Gasteiger partial charge in [-0.25, -0.2) is 4.99 Å². The highest BCUT2D eigenvalue weighted by atomic mass is 16.1. The molecule has 1 N–H and O–H groups in total. The van der Waals surface area contributed by atoms with Crippen molar-refractivity contribution in [2.24, 2.45) is 10.9 Å². The topological polar surface area (TPSA) is 41.5 Å². The molecule has 2 aliphatic rings. The highest BCUT2D eigenvalue weighted by Gasteiger charge is 2.20. The second-order valence-electron chi connectivity index (χ2n) is 2.87. The number of rotatable bonds is 0. The fraction of sp³-hybridized carbons (Fsp3) is 0.500. The number of hydrogen-bond donors (Lipinski definition) is 1. The van der Waals surface area contributed by atoms with E-state index in [0.717, 1.165) is 25.2 Å². The van der Waals surface area contributed by atoms with Gasteiger partial charge in [-0.2, -0.15) is 0 Å². The monoisotopic (exact) mass is 150 g/mol. The van der Waals surface area contributed by atoms with E-state index in [0.29, 0.717) is 5.92 Å². The third-order valence-corrected chi connectivity index (χ3v) is 2.09. The number of nitrogens with zero attached hydrogens (tertiary/aromatic N) is 1. The smallest absolute Gasteiger partial charge is 0.269 e. The van der Waals surface area contributed by atoms with E-state index in [-0.39, 0.29) is 5.91 Å². The molecule has 2 heterocycles. The quantitative estimate of drug-likeness (QED) is 0.533. The van der Waals surface area contributed by atoms with Gasteiger partial charge < -0.3 is 5.32 Å². The minimum atomic E-state index is -0.111. The van der Waals surface area contributed by atoms with Gasteiger partial charge in [0.15, 0.2) is 0 Å². The summed E-state index contributed by atoms with van der Waals surface area (Å²) in [5, 5.41) is 3.19. The Labute approximate surface area is 65.2 Å². The van der Waals surface area contributed by atoms with Crippen molar-refractivity contribution in [3.63, 3.8) is 0 Å². The number of piperidine rings is 1. The van der Waals surface area contributed by atoms with Crippen LogP contribution in [0, 0.1) is 5.92 Å². The van der Waals surface area contributed by atoms with Gasteiger partial charge in [0.1, 0.15) is 0 Å². The molecule has 1 saturated heterocycles. The van der Waals surface area contributed by atoms with Crippen LogP contribution in [0.25, 0.3) is 0 Å². The highest BCUT2D eigenvalue weighted by molar-refractivity contribution is 6.06. The van der Waals surface area contributed by atoms with E-state index in [2.05, 4.69) is 10.3 Å². The van der Waals surface area contributed by atoms with Crippen molar-refractivity contribution >= 4 is 11.6 Å². The molecule has 0 saturated carbocycles. The Morgan fingerprint density at radius 1 is 1.64 bits per heavy atom. The number of nitrogens with one attached hydrogen (secondary N) is 1. The van der Waals surface area contributed by atoms with E-state index in [9.17, 15) is 4.79 Å². The summed E-state index contributed by atoms with van der Waals surface area (Å²) >= 11 is 0. The number of dihydropyridines is 1. The van der Waals surface area contributed by atoms with Gasteiger partial charge in [0, 0.05) is 24.3 Å². The molecule has 1 atom stereocenters. The third kappa shape index (κ3) is 1.24. The van der Waals surface area contributed by atoms with Crippen molar-refractivity contribution in [2.75, 3.05) is 13.1 Å². The van der Waals surface area contributed by atoms with Crippen LogP contribution in [-0.4, -0.2) is 24.7 Å². The first-order valence-corrected chi connectivity index (χ1v) is 3.86. The molecule has 0 aromatic heterocycles. The van der Waals surface area contributed by atoms with Crippen LogP contribution in [0.3, 0.4) is 0 Å². The lowest BCUT2D eigenvalue weighted by molar-refractivity contribution is -0.113. The predicted octanol–water partition coefficient (Wildman–Crippen LogP) is 0.133. The molecule has 58 valence electrons. The van der Waals surface area contributed by atoms with Crippen LogP contribution in [0.2, 0.25) is 0 Å². The summed E-state index contributed by atoms with van der Waals surface area (Å²) in [6.07, 6.45) is 4.60. The van der Waals surface area contributed by atoms with Crippen molar-refractivity contribution in [2.45, 2.75) is 6.42 Å². The van der Waals surface area contributed by atoms with Gasteiger partial charge in [-0.1, -0.05) is 6.08 Å². The van der Waals surface area contributed by atoms with Crippen LogP contribution in [-0.2, 0) is 4.79 Å². The summed E-state index contributed by atoms with van der Waals surface area (Å²) in [6, 6.07) is 0. The average molecular weight is 150 g/mol. The maximum Gasteiger partial charge on any atom is 0.269 e. The Hall–Kier alpha value is -0.960. The van der Waals surface area contributed by atoms with Crippen molar-refractivity contribution in [1.29, 1.82) is 0 Å². The fourth-order valence-electron chi connectivity index (χ4n) is 1.48. The molecule has 3 heteroatoms. The number of allylic oxidation sites excluding steroid dienone is 1. The Bertz CT molecular complexity index is 242. The Kier molecular flexibility index (Phi) is 1.58. The maximum absolute atomic E-state index is 10.8. The van der Waals surface area contributed by atoms with E-state index in [1.54, 1.807) is 6.08 Å². The van der Waals surface area contributed by atoms with Gasteiger partial charge in [-0.05, 0) is 13.0 Å². The lowest BCUT2D eigenvalue weighted by Crippen LogP contribution is -2.37. The van der Waals surface area contributed by atoms with Gasteiger partial charge in [0.2, 0.25) is 0 Å². The molecule has 0 aromatic carbocycles. The molecular weight excluding hydrogens is 140 g/mol. The first-order chi connectivity index (χ1) is 5.36. The number of carbonyl (C=O) groups excluding carboxylic acids is 1. The van der Waals surface area contributed by atoms with E-state index in [1.807, 2.05) is 6.08 Å². The summed E-state index contributed by atoms with van der Waals surface area (Å²) in [5.41, 5.74) is 1.00. The largest absolute Gasteiger partial charge is 0.311 e. The van der Waals surface area contributed by atoms with E-state index in [1.165, 1.54) is 0 Å². The predicted molar refractivity (Wildman–Crippen MR) is 42.6 cm³/mol. The molecule has 0 aromatic rings. The van der Waals surface area contributed by atoms with Gasteiger partial charge >= 0.3 is 0 Å². The Balaban J connectivity index is 2.21. The van der Waals surface area contributed by atoms with Gasteiger partial charge in [-0.15, -0.1) is 0 Å². The van der Waals surface area contributed by atoms with E-state index in [4.69, 9.17) is 0 Å². The van der Waals surface area contributed by atoms with Crippen LogP contribution >= 0.6 is 0 Å². The van der Waals surface area contributed by atoms with Gasteiger partial charge in [0.25, 0.3) is 5.91 Å². The minimum absolute atomic E-state index is 0.111. The highest BCUT2D eigenvalue weighted by Crippen LogP contribution is 2.14. The molecule has 1 amide bonds. The summed E-state index contributed by atoms with van der Waals surface area (Å²) in [5.74, 6) is 0.314. The molecule has 11 heavy (non-hydrogen) atoms. The minimum Gasteiger partial charge on any atom is -0.311 e. The summed E-state index contributed by atoms with van der Waals surface area (Å²) in [4.78, 5) is 14.7. The molecule has 1 fully saturated rings. The molecule has 3 nitrogen and oxygen atoms in total. The normalized spacial score (nSPS) is 29.6. The number of hydrogen-bond acceptors (Lipinski definition) is 2. The van der Waals surface area contributed by atoms with Crippen LogP contribution in [0.15, 0.2) is 17.1 Å². The van der Waals surface area contributed by atoms with Crippen molar-refractivity contribution in [1.82, 2.24) is 5.32 Å². The fourth-order valence-corrected chi connectivity index (χ4v) is 1.48. The van der Waals surface area contributed by atoms with Crippen molar-refractivity contribution in [3.05, 3.63) is 12.2 Å². The summed E-state index contributed by atoms with van der Waals surface area (Å²) in [7, 11) is 0. The van der Waals surface area contributed by atoms with Crippen LogP contribution in [0.5, 0.6) is 0 Å². The number of fused-ring (bicyclic) bond motifs is 1. The summed E-state index contributed by atoms with van der Waals surface area (Å²) in [6.45, 7) is 1.81. The molecule has 1 unspecified atom stereocenters. The SMILES string of the molecule is O=C1C=CC2CCNCC2=N1. The molecule has 2 aliphatic heterocycles. The number of amides is 1. The number of aliphatic imine (C=N–C) groups is 1. The first kappa shape index (κ1) is 6.73. The van der Waals surface area contributed by atoms with Gasteiger partial charge in [0.05, 0.1) is 0 Å². The molecule has 2 rings (SSSR count). The van der Waals surface area contributed by atoms with E-state index >= 15 is 0 Å². The Morgan fingerprint density at radius 3 is 3.45 bits per heavy atom. The zero-order valence-electron chi connectivity index (χ0n) is 6.21. The lowest BCUT2D eigenvalue weighted by Gasteiger charge is -2.23. The lowest BCUT2D eigenvalue weighted by atomic mass is 9.94. The number of carbonyl (C=O) groups is 1. The standard InChI is InChI=1S/C8H10N2O/c11-8-2-1-6-3-4-9-5-7(6)10-8/h1-2,6,9H,3-5H2. The van der Waals surface area contributed by atoms with Gasteiger partial charge in [-0.3, -0.25) is 4.79 Å². The van der Waals surface area contributed by atoms with Crippen LogP contribution in [0.4, 0.5) is 0 Å². The summed E-state index contributed by atoms with van der Waals surface area (Å²) < 4.78 is 0. The molecule has 0 radical (unpaired) electrons. The second kappa shape index (κ2) is 2.58. The zero-order valence-corrected chi connectivity index (χ0v) is 6.21.